The number of ether oxygens (including phenoxy) is 2. The molecular formula is C27H24BrNO4S. The Kier molecular flexibility index (Phi) is 7.75. The molecule has 0 N–H and O–H groups in total. The molecule has 1 aliphatic rings. The van der Waals surface area contributed by atoms with Crippen molar-refractivity contribution >= 4 is 44.9 Å². The number of carbonyl (C=O) groups is 2. The summed E-state index contributed by atoms with van der Waals surface area (Å²) in [7, 11) is 0. The van der Waals surface area contributed by atoms with Crippen LogP contribution >= 0.6 is 27.7 Å². The first-order valence-electron chi connectivity index (χ1n) is 10.8. The van der Waals surface area contributed by atoms with E-state index in [1.807, 2.05) is 68.4 Å². The Balaban J connectivity index is 1.35. The lowest BCUT2D eigenvalue weighted by atomic mass is 10.1. The maximum Gasteiger partial charge on any atom is 0.293 e. The highest BCUT2D eigenvalue weighted by Gasteiger charge is 2.34. The van der Waals surface area contributed by atoms with Crippen molar-refractivity contribution in [1.82, 2.24) is 4.90 Å². The van der Waals surface area contributed by atoms with Crippen molar-refractivity contribution < 1.29 is 19.1 Å². The lowest BCUT2D eigenvalue weighted by molar-refractivity contribution is -0.123. The van der Waals surface area contributed by atoms with Gasteiger partial charge in [0.2, 0.25) is 0 Å². The van der Waals surface area contributed by atoms with E-state index in [0.29, 0.717) is 23.0 Å². The van der Waals surface area contributed by atoms with Gasteiger partial charge in [0.1, 0.15) is 24.7 Å². The minimum Gasteiger partial charge on any atom is -0.492 e. The van der Waals surface area contributed by atoms with Crippen LogP contribution < -0.4 is 9.47 Å². The minimum atomic E-state index is -0.307. The van der Waals surface area contributed by atoms with Gasteiger partial charge < -0.3 is 9.47 Å². The number of hydrogen-bond donors (Lipinski definition) is 0. The summed E-state index contributed by atoms with van der Waals surface area (Å²) in [6.45, 7) is 4.95. The van der Waals surface area contributed by atoms with Gasteiger partial charge in [-0.05, 0) is 83.0 Å². The first-order valence-corrected chi connectivity index (χ1v) is 12.4. The summed E-state index contributed by atoms with van der Waals surface area (Å²) in [5, 5.41) is -0.291. The second kappa shape index (κ2) is 10.9. The molecule has 1 heterocycles. The van der Waals surface area contributed by atoms with Crippen molar-refractivity contribution in [2.24, 2.45) is 0 Å². The van der Waals surface area contributed by atoms with Crippen LogP contribution in [0.15, 0.2) is 76.1 Å². The number of hydrogen-bond acceptors (Lipinski definition) is 5. The van der Waals surface area contributed by atoms with E-state index in [4.69, 9.17) is 9.47 Å². The van der Waals surface area contributed by atoms with Crippen LogP contribution in [0.4, 0.5) is 4.79 Å². The van der Waals surface area contributed by atoms with E-state index in [1.54, 1.807) is 6.08 Å². The van der Waals surface area contributed by atoms with E-state index >= 15 is 0 Å². The maximum atomic E-state index is 12.8. The lowest BCUT2D eigenvalue weighted by Crippen LogP contribution is -2.32. The van der Waals surface area contributed by atoms with Crippen molar-refractivity contribution in [3.05, 3.63) is 98.4 Å². The summed E-state index contributed by atoms with van der Waals surface area (Å²) < 4.78 is 12.4. The fourth-order valence-electron chi connectivity index (χ4n) is 3.30. The van der Waals surface area contributed by atoms with Crippen molar-refractivity contribution in [3.8, 4) is 11.5 Å². The second-order valence-corrected chi connectivity index (χ2v) is 9.81. The molecule has 1 aliphatic heterocycles. The van der Waals surface area contributed by atoms with Crippen LogP contribution in [0.5, 0.6) is 11.5 Å². The normalized spacial score (nSPS) is 14.7. The molecule has 0 aromatic heterocycles. The predicted molar refractivity (Wildman–Crippen MR) is 139 cm³/mol. The molecule has 1 fully saturated rings. The van der Waals surface area contributed by atoms with Crippen LogP contribution in [0.25, 0.3) is 6.08 Å². The topological polar surface area (TPSA) is 55.8 Å². The molecule has 0 unspecified atom stereocenters. The smallest absolute Gasteiger partial charge is 0.293 e. The first kappa shape index (κ1) is 24.1. The molecule has 0 radical (unpaired) electrons. The molecule has 174 valence electrons. The van der Waals surface area contributed by atoms with Gasteiger partial charge in [-0.15, -0.1) is 0 Å². The Labute approximate surface area is 211 Å². The van der Waals surface area contributed by atoms with Gasteiger partial charge in [0, 0.05) is 0 Å². The minimum absolute atomic E-state index is 0.200. The van der Waals surface area contributed by atoms with Crippen LogP contribution in [-0.4, -0.2) is 29.2 Å². The van der Waals surface area contributed by atoms with Crippen LogP contribution in [0, 0.1) is 13.8 Å². The Hall–Kier alpha value is -3.03. The van der Waals surface area contributed by atoms with Gasteiger partial charge in [-0.25, -0.2) is 0 Å². The number of halogens is 1. The van der Waals surface area contributed by atoms with Gasteiger partial charge in [-0.2, -0.15) is 0 Å². The summed E-state index contributed by atoms with van der Waals surface area (Å²) in [4.78, 5) is 26.8. The Morgan fingerprint density at radius 1 is 0.912 bits per heavy atom. The number of rotatable bonds is 8. The van der Waals surface area contributed by atoms with Crippen molar-refractivity contribution in [3.63, 3.8) is 0 Å². The number of benzene rings is 3. The fraction of sp³-hybridized carbons (Fsp3) is 0.185. The number of thioether (sulfide) groups is 1. The highest BCUT2D eigenvalue weighted by Crippen LogP contribution is 2.34. The zero-order valence-corrected chi connectivity index (χ0v) is 21.3. The van der Waals surface area contributed by atoms with Gasteiger partial charge in [0.05, 0.1) is 15.9 Å². The number of imide groups is 1. The molecule has 3 aromatic rings. The quantitative estimate of drug-likeness (QED) is 0.297. The first-order chi connectivity index (χ1) is 16.4. The molecule has 0 bridgehead atoms. The van der Waals surface area contributed by atoms with E-state index in [2.05, 4.69) is 28.1 Å². The van der Waals surface area contributed by atoms with E-state index in [-0.39, 0.29) is 24.3 Å². The summed E-state index contributed by atoms with van der Waals surface area (Å²) in [6.07, 6.45) is 1.72. The molecule has 7 heteroatoms. The lowest BCUT2D eigenvalue weighted by Gasteiger charge is -2.13. The summed E-state index contributed by atoms with van der Waals surface area (Å²) in [5.74, 6) is 1.11. The predicted octanol–water partition coefficient (Wildman–Crippen LogP) is 6.76. The van der Waals surface area contributed by atoms with E-state index in [9.17, 15) is 9.59 Å². The molecule has 3 aromatic carbocycles. The van der Waals surface area contributed by atoms with Crippen LogP contribution in [0.1, 0.15) is 22.3 Å². The zero-order chi connectivity index (χ0) is 24.1. The van der Waals surface area contributed by atoms with E-state index in [0.717, 1.165) is 32.9 Å². The monoisotopic (exact) mass is 537 g/mol. The van der Waals surface area contributed by atoms with Crippen molar-refractivity contribution in [2.45, 2.75) is 20.5 Å². The van der Waals surface area contributed by atoms with Gasteiger partial charge in [-0.1, -0.05) is 53.6 Å². The fourth-order valence-corrected chi connectivity index (χ4v) is 4.68. The highest BCUT2D eigenvalue weighted by atomic mass is 79.9. The van der Waals surface area contributed by atoms with Crippen LogP contribution in [0.3, 0.4) is 0 Å². The van der Waals surface area contributed by atoms with Crippen molar-refractivity contribution in [1.29, 1.82) is 0 Å². The van der Waals surface area contributed by atoms with Gasteiger partial charge in [-0.3, -0.25) is 14.5 Å². The van der Waals surface area contributed by atoms with E-state index in [1.165, 1.54) is 10.5 Å². The number of carbonyl (C=O) groups excluding carboxylic acids is 2. The molecular weight excluding hydrogens is 514 g/mol. The van der Waals surface area contributed by atoms with Crippen molar-refractivity contribution in [2.75, 3.05) is 13.2 Å². The number of nitrogens with zero attached hydrogens (tertiary/aromatic N) is 1. The Morgan fingerprint density at radius 3 is 2.26 bits per heavy atom. The number of amides is 2. The average molecular weight is 538 g/mol. The largest absolute Gasteiger partial charge is 0.492 e. The molecule has 0 spiro atoms. The average Bonchev–Trinajstić information content (AvgIpc) is 3.08. The third-order valence-electron chi connectivity index (χ3n) is 5.25. The molecule has 4 rings (SSSR count). The SMILES string of the molecule is Cc1ccc(COc2ccc(/C=C3\SC(=O)N(CCOc4ccc(C)cc4)C3=O)cc2Br)cc1. The summed E-state index contributed by atoms with van der Waals surface area (Å²) in [5.41, 5.74) is 4.23. The Bertz CT molecular complexity index is 1220. The molecule has 1 saturated heterocycles. The summed E-state index contributed by atoms with van der Waals surface area (Å²) >= 11 is 4.48. The second-order valence-electron chi connectivity index (χ2n) is 7.96. The molecule has 34 heavy (non-hydrogen) atoms. The molecule has 0 atom stereocenters. The summed E-state index contributed by atoms with van der Waals surface area (Å²) in [6, 6.07) is 21.4. The maximum absolute atomic E-state index is 12.8. The van der Waals surface area contributed by atoms with Gasteiger partial charge >= 0.3 is 0 Å². The van der Waals surface area contributed by atoms with Crippen LogP contribution in [-0.2, 0) is 11.4 Å². The zero-order valence-electron chi connectivity index (χ0n) is 18.9. The third kappa shape index (κ3) is 6.10. The molecule has 5 nitrogen and oxygen atoms in total. The third-order valence-corrected chi connectivity index (χ3v) is 6.77. The molecule has 0 aliphatic carbocycles. The number of aryl methyl sites for hydroxylation is 2. The van der Waals surface area contributed by atoms with Crippen LogP contribution in [0.2, 0.25) is 0 Å². The van der Waals surface area contributed by atoms with Gasteiger partial charge in [0.25, 0.3) is 11.1 Å². The highest BCUT2D eigenvalue weighted by molar-refractivity contribution is 9.10. The molecule has 0 saturated carbocycles. The standard InChI is InChI=1S/C27H24BrNO4S/c1-18-3-7-20(8-4-18)17-33-24-12-9-21(15-23(24)28)16-25-26(30)29(27(31)34-25)13-14-32-22-10-5-19(2)6-11-22/h3-12,15-16H,13-14,17H2,1-2H3/b25-16-. The Morgan fingerprint density at radius 2 is 1.59 bits per heavy atom. The van der Waals surface area contributed by atoms with Gasteiger partial charge in [0.15, 0.2) is 0 Å². The molecule has 2 amide bonds. The van der Waals surface area contributed by atoms with E-state index < -0.39 is 0 Å².